The summed E-state index contributed by atoms with van der Waals surface area (Å²) in [4.78, 5) is 24.8. The van der Waals surface area contributed by atoms with Crippen LogP contribution in [-0.4, -0.2) is 76.3 Å². The molecule has 2 spiro atoms. The van der Waals surface area contributed by atoms with Gasteiger partial charge in [-0.15, -0.1) is 5.10 Å². The minimum atomic E-state index is -4.28. The van der Waals surface area contributed by atoms with Crippen molar-refractivity contribution in [3.63, 3.8) is 0 Å². The van der Waals surface area contributed by atoms with E-state index in [0.717, 1.165) is 24.5 Å². The summed E-state index contributed by atoms with van der Waals surface area (Å²) in [6, 6.07) is 9.40. The van der Waals surface area contributed by atoms with E-state index in [-0.39, 0.29) is 21.9 Å². The number of sulfonamides is 1. The van der Waals surface area contributed by atoms with E-state index in [1.54, 1.807) is 23.0 Å². The number of hydrogen-bond acceptors (Lipinski definition) is 9. The number of nitrogens with one attached hydrogen (secondary N) is 1. The highest BCUT2D eigenvalue weighted by Gasteiger charge is 2.85. The third kappa shape index (κ3) is 5.23. The van der Waals surface area contributed by atoms with E-state index >= 15 is 0 Å². The van der Waals surface area contributed by atoms with Crippen LogP contribution in [0.4, 0.5) is 11.6 Å². The molecule has 13 heteroatoms. The van der Waals surface area contributed by atoms with E-state index in [0.29, 0.717) is 46.7 Å². The topological polar surface area (TPSA) is 145 Å². The highest BCUT2D eigenvalue weighted by Crippen LogP contribution is 2.93. The smallest absolute Gasteiger partial charge is 0.281 e. The molecule has 7 rings (SSSR count). The summed E-state index contributed by atoms with van der Waals surface area (Å²) in [6.07, 6.45) is 14.1. The molecule has 1 unspecified atom stereocenters. The van der Waals surface area contributed by atoms with Gasteiger partial charge in [0.1, 0.15) is 11.6 Å². The first-order valence-corrected chi connectivity index (χ1v) is 20.3. The number of carbonyl (C=O) groups is 1. The molecule has 1 aliphatic heterocycles. The molecule has 11 nitrogen and oxygen atoms in total. The largest absolute Gasteiger partial charge is 0.477 e. The van der Waals surface area contributed by atoms with Gasteiger partial charge in [0.05, 0.1) is 12.2 Å². The molecule has 1 saturated heterocycles. The van der Waals surface area contributed by atoms with Gasteiger partial charge in [-0.25, -0.2) is 29.4 Å². The van der Waals surface area contributed by atoms with Crippen LogP contribution in [0.5, 0.6) is 5.88 Å². The molecule has 4 heterocycles. The normalized spacial score (nSPS) is 22.6. The van der Waals surface area contributed by atoms with E-state index in [1.807, 2.05) is 6.07 Å². The maximum Gasteiger partial charge on any atom is 0.281 e. The molecule has 248 valence electrons. The van der Waals surface area contributed by atoms with Crippen molar-refractivity contribution in [2.45, 2.75) is 75.1 Å². The number of nitrogens with zero attached hydrogens (tertiary/aromatic N) is 5. The molecule has 3 aliphatic carbocycles. The third-order valence-corrected chi connectivity index (χ3v) is 16.2. The molecule has 4 fully saturated rings. The molecule has 3 aromatic rings. The van der Waals surface area contributed by atoms with E-state index in [9.17, 15) is 13.2 Å². The van der Waals surface area contributed by atoms with Gasteiger partial charge in [-0.1, -0.05) is 13.0 Å². The van der Waals surface area contributed by atoms with Gasteiger partial charge in [0.15, 0.2) is 10.8 Å². The van der Waals surface area contributed by atoms with E-state index < -0.39 is 26.0 Å². The van der Waals surface area contributed by atoms with Crippen LogP contribution >= 0.6 is 10.0 Å². The lowest BCUT2D eigenvalue weighted by Gasteiger charge is -2.36. The number of fused-ring (bicyclic) bond motifs is 1. The van der Waals surface area contributed by atoms with Crippen molar-refractivity contribution in [3.8, 4) is 11.7 Å². The Hall–Kier alpha value is -3.32. The molecular formula is C33H45N7O4S2. The molecule has 3 N–H and O–H groups in total. The van der Waals surface area contributed by atoms with Crippen LogP contribution < -0.4 is 20.1 Å². The van der Waals surface area contributed by atoms with Crippen LogP contribution in [0.25, 0.3) is 5.82 Å². The minimum Gasteiger partial charge on any atom is -0.477 e. The Morgan fingerprint density at radius 3 is 2.43 bits per heavy atom. The van der Waals surface area contributed by atoms with Crippen molar-refractivity contribution in [3.05, 3.63) is 48.2 Å². The lowest BCUT2D eigenvalue weighted by Crippen LogP contribution is -2.41. The summed E-state index contributed by atoms with van der Waals surface area (Å²) >= 11 is 0. The van der Waals surface area contributed by atoms with E-state index in [4.69, 9.17) is 15.5 Å². The quantitative estimate of drug-likeness (QED) is 0.296. The summed E-state index contributed by atoms with van der Waals surface area (Å²) in [5.74, 6) is 2.63. The van der Waals surface area contributed by atoms with Gasteiger partial charge < -0.3 is 15.4 Å². The number of amides is 1. The van der Waals surface area contributed by atoms with Crippen LogP contribution in [0.1, 0.15) is 69.7 Å². The lowest BCUT2D eigenvalue weighted by molar-refractivity contribution is 0.0981. The average molecular weight is 668 g/mol. The van der Waals surface area contributed by atoms with Crippen LogP contribution in [0, 0.1) is 16.7 Å². The SMILES string of the molecule is CCS(C)(C)C1CN(c2nc(-n3ccc(OCCC4C5(CC5)C45CC5)n3)ccc2C(=O)NS(=O)(=O)c2cccc(N)n2)C(C)(C)C1. The second-order valence-electron chi connectivity index (χ2n) is 14.6. The average Bonchev–Trinajstić information content (AvgIpc) is 3.96. The summed E-state index contributed by atoms with van der Waals surface area (Å²) in [5, 5.41) is 4.76. The maximum absolute atomic E-state index is 13.7. The standard InChI is InChI=1S/C33H45N7O4S2/c1-6-45(4,5)22-20-31(2,3)39(21-22)29-23(30(41)38-46(42,43)28-9-7-8-25(34)35-28)10-11-26(36-29)40-18-12-27(37-40)44-19-13-24-32(14-15-32)33(24)16-17-33/h7-12,18,22,24H,6,13-17,19-21H2,1-5H3,(H2,34,35)(H,38,41). The molecular weight excluding hydrogens is 623 g/mol. The fraction of sp³-hybridized carbons (Fsp3) is 0.576. The highest BCUT2D eigenvalue weighted by atomic mass is 32.3. The van der Waals surface area contributed by atoms with Crippen LogP contribution in [0.15, 0.2) is 47.6 Å². The Labute approximate surface area is 273 Å². The molecule has 1 atom stereocenters. The molecule has 4 aliphatic rings. The first kappa shape index (κ1) is 31.3. The van der Waals surface area contributed by atoms with Crippen molar-refractivity contribution in [2.24, 2.45) is 16.7 Å². The Morgan fingerprint density at radius 1 is 1.07 bits per heavy atom. The summed E-state index contributed by atoms with van der Waals surface area (Å²) in [5.41, 5.74) is 6.87. The highest BCUT2D eigenvalue weighted by molar-refractivity contribution is 8.33. The number of rotatable bonds is 11. The van der Waals surface area contributed by atoms with Crippen molar-refractivity contribution >= 4 is 37.6 Å². The fourth-order valence-electron chi connectivity index (χ4n) is 8.13. The molecule has 0 aromatic carbocycles. The monoisotopic (exact) mass is 667 g/mol. The number of pyridine rings is 2. The van der Waals surface area contributed by atoms with Gasteiger partial charge in [-0.2, -0.15) is 8.42 Å². The third-order valence-electron chi connectivity index (χ3n) is 11.4. The first-order chi connectivity index (χ1) is 21.7. The first-order valence-electron chi connectivity index (χ1n) is 16.2. The number of nitrogen functional groups attached to an aromatic ring is 1. The summed E-state index contributed by atoms with van der Waals surface area (Å²) in [6.45, 7) is 7.89. The minimum absolute atomic E-state index is 0.0432. The van der Waals surface area contributed by atoms with Gasteiger partial charge in [0.2, 0.25) is 5.88 Å². The van der Waals surface area contributed by atoms with E-state index in [2.05, 4.69) is 53.0 Å². The van der Waals surface area contributed by atoms with Crippen LogP contribution in [0.2, 0.25) is 0 Å². The molecule has 0 bridgehead atoms. The zero-order chi connectivity index (χ0) is 32.7. The molecule has 3 aromatic heterocycles. The summed E-state index contributed by atoms with van der Waals surface area (Å²) in [7, 11) is -5.19. The maximum atomic E-state index is 13.7. The van der Waals surface area contributed by atoms with Crippen molar-refractivity contribution < 1.29 is 17.9 Å². The fourth-order valence-corrected chi connectivity index (χ4v) is 11.0. The number of anilines is 2. The number of aromatic nitrogens is 4. The van der Waals surface area contributed by atoms with Gasteiger partial charge in [0, 0.05) is 29.6 Å². The summed E-state index contributed by atoms with van der Waals surface area (Å²) < 4.78 is 36.2. The van der Waals surface area contributed by atoms with Gasteiger partial charge in [-0.05, 0) is 112 Å². The van der Waals surface area contributed by atoms with Gasteiger partial charge >= 0.3 is 0 Å². The predicted octanol–water partition coefficient (Wildman–Crippen LogP) is 4.76. The zero-order valence-electron chi connectivity index (χ0n) is 27.3. The second kappa shape index (κ2) is 10.6. The van der Waals surface area contributed by atoms with Gasteiger partial charge in [-0.3, -0.25) is 4.79 Å². The number of nitrogens with two attached hydrogens (primary N) is 1. The number of hydrogen-bond donors (Lipinski definition) is 2. The Balaban J connectivity index is 1.16. The Kier molecular flexibility index (Phi) is 7.21. The molecule has 0 radical (unpaired) electrons. The molecule has 3 saturated carbocycles. The lowest BCUT2D eigenvalue weighted by atomic mass is 10.0. The van der Waals surface area contributed by atoms with Gasteiger partial charge in [0.25, 0.3) is 15.9 Å². The van der Waals surface area contributed by atoms with Crippen molar-refractivity contribution in [1.82, 2.24) is 24.5 Å². The molecule has 1 amide bonds. The van der Waals surface area contributed by atoms with E-state index in [1.165, 1.54) is 43.9 Å². The Morgan fingerprint density at radius 2 is 1.78 bits per heavy atom. The van der Waals surface area contributed by atoms with Crippen molar-refractivity contribution in [2.75, 3.05) is 42.0 Å². The molecule has 46 heavy (non-hydrogen) atoms. The predicted molar refractivity (Wildman–Crippen MR) is 181 cm³/mol. The van der Waals surface area contributed by atoms with Crippen LogP contribution in [0.3, 0.4) is 0 Å². The van der Waals surface area contributed by atoms with Crippen molar-refractivity contribution in [1.29, 1.82) is 0 Å². The number of ether oxygens (including phenoxy) is 1. The van der Waals surface area contributed by atoms with Crippen LogP contribution in [-0.2, 0) is 10.0 Å². The Bertz CT molecular complexity index is 1780. The zero-order valence-corrected chi connectivity index (χ0v) is 29.0. The second-order valence-corrected chi connectivity index (χ2v) is 20.8. The number of carbonyl (C=O) groups excluding carboxylic acids is 1.